The lowest BCUT2D eigenvalue weighted by Crippen LogP contribution is -2.37. The molecule has 0 heterocycles. The highest BCUT2D eigenvalue weighted by atomic mass is 19.4. The molecule has 8 heteroatoms. The highest BCUT2D eigenvalue weighted by Crippen LogP contribution is 2.23. The first kappa shape index (κ1) is 19.4. The van der Waals surface area contributed by atoms with Crippen LogP contribution < -0.4 is 15.4 Å². The molecule has 0 aromatic heterocycles. The summed E-state index contributed by atoms with van der Waals surface area (Å²) in [6.45, 7) is 2.32. The number of alkyl halides is 3. The van der Waals surface area contributed by atoms with Gasteiger partial charge in [0.2, 0.25) is 0 Å². The molecule has 140 valence electrons. The molecule has 26 heavy (non-hydrogen) atoms. The minimum absolute atomic E-state index is 0.174. The lowest BCUT2D eigenvalue weighted by Gasteiger charge is -2.16. The Balaban J connectivity index is 1.70. The van der Waals surface area contributed by atoms with Crippen molar-refractivity contribution >= 4 is 11.8 Å². The van der Waals surface area contributed by atoms with Crippen LogP contribution in [0, 0.1) is 0 Å². The van der Waals surface area contributed by atoms with E-state index < -0.39 is 12.5 Å². The molecule has 0 aliphatic heterocycles. The Hall–Kier alpha value is -2.90. The van der Waals surface area contributed by atoms with Crippen molar-refractivity contribution in [3.05, 3.63) is 60.2 Å². The topological polar surface area (TPSA) is 59.6 Å². The summed E-state index contributed by atoms with van der Waals surface area (Å²) in [6, 6.07) is 14.4. The summed E-state index contributed by atoms with van der Waals surface area (Å²) in [4.78, 5) is 11.7. The van der Waals surface area contributed by atoms with Crippen LogP contribution in [0.25, 0.3) is 0 Å². The van der Waals surface area contributed by atoms with Crippen molar-refractivity contribution in [3.63, 3.8) is 0 Å². The van der Waals surface area contributed by atoms with Crippen molar-refractivity contribution in [2.45, 2.75) is 25.9 Å². The number of hydrogen-bond acceptors (Lipinski definition) is 4. The summed E-state index contributed by atoms with van der Waals surface area (Å²) >= 11 is 0. The Morgan fingerprint density at radius 3 is 2.35 bits per heavy atom. The number of nitrogens with one attached hydrogen (secondary N) is 2. The van der Waals surface area contributed by atoms with Crippen LogP contribution in [-0.2, 0) is 11.3 Å². The minimum atomic E-state index is -4.71. The van der Waals surface area contributed by atoms with Gasteiger partial charge in [-0.2, -0.15) is 0 Å². The Bertz CT molecular complexity index is 691. The molecule has 0 saturated carbocycles. The number of carbonyl (C=O) groups excluding carboxylic acids is 1. The maximum Gasteiger partial charge on any atom is 0.573 e. The second-order valence-electron chi connectivity index (χ2n) is 5.56. The molecule has 2 rings (SSSR count). The molecule has 0 bridgehead atoms. The van der Waals surface area contributed by atoms with Gasteiger partial charge in [-0.1, -0.05) is 30.3 Å². The number of ether oxygens (including phenoxy) is 2. The van der Waals surface area contributed by atoms with Gasteiger partial charge in [0.05, 0.1) is 0 Å². The molecule has 2 aromatic carbocycles. The van der Waals surface area contributed by atoms with Crippen molar-refractivity contribution in [2.24, 2.45) is 0 Å². The van der Waals surface area contributed by atoms with E-state index in [-0.39, 0.29) is 18.4 Å². The van der Waals surface area contributed by atoms with E-state index in [1.165, 1.54) is 24.3 Å². The fraction of sp³-hybridized carbons (Fsp3) is 0.278. The van der Waals surface area contributed by atoms with Crippen LogP contribution in [0.4, 0.5) is 23.7 Å². The maximum atomic E-state index is 12.1. The van der Waals surface area contributed by atoms with Gasteiger partial charge in [-0.25, -0.2) is 4.79 Å². The van der Waals surface area contributed by atoms with Crippen LogP contribution in [0.15, 0.2) is 54.6 Å². The number of alkyl carbamates (subject to hydrolysis) is 1. The Morgan fingerprint density at radius 1 is 1.08 bits per heavy atom. The zero-order valence-corrected chi connectivity index (χ0v) is 14.0. The fourth-order valence-corrected chi connectivity index (χ4v) is 2.06. The van der Waals surface area contributed by atoms with Crippen LogP contribution in [-0.4, -0.2) is 25.0 Å². The van der Waals surface area contributed by atoms with E-state index in [9.17, 15) is 18.0 Å². The predicted molar refractivity (Wildman–Crippen MR) is 90.8 cm³/mol. The molecule has 0 radical (unpaired) electrons. The van der Waals surface area contributed by atoms with Crippen molar-refractivity contribution in [3.8, 4) is 5.75 Å². The average Bonchev–Trinajstić information content (AvgIpc) is 2.59. The third kappa shape index (κ3) is 7.33. The van der Waals surface area contributed by atoms with Crippen molar-refractivity contribution < 1.29 is 27.4 Å². The van der Waals surface area contributed by atoms with Gasteiger partial charge in [0.15, 0.2) is 0 Å². The van der Waals surface area contributed by atoms with Crippen molar-refractivity contribution in [1.82, 2.24) is 5.32 Å². The Kier molecular flexibility index (Phi) is 6.71. The van der Waals surface area contributed by atoms with Gasteiger partial charge in [-0.05, 0) is 36.8 Å². The normalized spacial score (nSPS) is 12.2. The summed E-state index contributed by atoms with van der Waals surface area (Å²) < 4.78 is 45.2. The standard InChI is InChI=1S/C18H19F3N2O3/c1-13(23-17(24)25-12-14-5-3-2-4-6-14)11-22-15-7-9-16(10-8-15)26-18(19,20)21/h2-10,13,22H,11-12H2,1H3,(H,23,24)/t13-/m0/s1. The molecule has 1 amide bonds. The lowest BCUT2D eigenvalue weighted by atomic mass is 10.2. The number of amides is 1. The fourth-order valence-electron chi connectivity index (χ4n) is 2.06. The first-order chi connectivity index (χ1) is 12.3. The first-order valence-electron chi connectivity index (χ1n) is 7.89. The van der Waals surface area contributed by atoms with Crippen LogP contribution in [0.5, 0.6) is 5.75 Å². The summed E-state index contributed by atoms with van der Waals surface area (Å²) in [5.74, 6) is -0.293. The number of halogens is 3. The lowest BCUT2D eigenvalue weighted by molar-refractivity contribution is -0.274. The van der Waals surface area contributed by atoms with E-state index in [2.05, 4.69) is 15.4 Å². The molecule has 0 aliphatic rings. The monoisotopic (exact) mass is 368 g/mol. The molecule has 0 spiro atoms. The molecule has 1 atom stereocenters. The molecule has 0 saturated heterocycles. The molecular formula is C18H19F3N2O3. The summed E-state index contributed by atoms with van der Waals surface area (Å²) in [5, 5.41) is 5.67. The van der Waals surface area contributed by atoms with Gasteiger partial charge in [0, 0.05) is 18.3 Å². The maximum absolute atomic E-state index is 12.1. The highest BCUT2D eigenvalue weighted by Gasteiger charge is 2.30. The van der Waals surface area contributed by atoms with Crippen LogP contribution in [0.1, 0.15) is 12.5 Å². The van der Waals surface area contributed by atoms with Gasteiger partial charge in [-0.3, -0.25) is 0 Å². The van der Waals surface area contributed by atoms with Gasteiger partial charge in [0.25, 0.3) is 0 Å². The molecule has 2 aromatic rings. The summed E-state index contributed by atoms with van der Waals surface area (Å²) in [5.41, 5.74) is 1.49. The zero-order valence-electron chi connectivity index (χ0n) is 14.0. The Morgan fingerprint density at radius 2 is 1.73 bits per heavy atom. The molecular weight excluding hydrogens is 349 g/mol. The average molecular weight is 368 g/mol. The van der Waals surface area contributed by atoms with Gasteiger partial charge >= 0.3 is 12.5 Å². The third-order valence-electron chi connectivity index (χ3n) is 3.28. The molecule has 0 fully saturated rings. The quantitative estimate of drug-likeness (QED) is 0.765. The minimum Gasteiger partial charge on any atom is -0.445 e. The van der Waals surface area contributed by atoms with Crippen LogP contribution >= 0.6 is 0 Å². The number of rotatable bonds is 7. The van der Waals surface area contributed by atoms with Crippen LogP contribution in [0.3, 0.4) is 0 Å². The van der Waals surface area contributed by atoms with E-state index >= 15 is 0 Å². The smallest absolute Gasteiger partial charge is 0.445 e. The Labute approximate surface area is 149 Å². The van der Waals surface area contributed by atoms with Crippen molar-refractivity contribution in [2.75, 3.05) is 11.9 Å². The van der Waals surface area contributed by atoms with E-state index in [0.717, 1.165) is 5.56 Å². The van der Waals surface area contributed by atoms with E-state index in [1.54, 1.807) is 6.92 Å². The zero-order chi connectivity index (χ0) is 19.0. The SMILES string of the molecule is C[C@@H](CNc1ccc(OC(F)(F)F)cc1)NC(=O)OCc1ccccc1. The number of carbonyl (C=O) groups is 1. The van der Waals surface area contributed by atoms with E-state index in [0.29, 0.717) is 12.2 Å². The third-order valence-corrected chi connectivity index (χ3v) is 3.28. The number of hydrogen-bond donors (Lipinski definition) is 2. The van der Waals surface area contributed by atoms with Gasteiger partial charge in [-0.15, -0.1) is 13.2 Å². The molecule has 0 unspecified atom stereocenters. The predicted octanol–water partition coefficient (Wildman–Crippen LogP) is 4.31. The molecule has 0 aliphatic carbocycles. The highest BCUT2D eigenvalue weighted by molar-refractivity contribution is 5.67. The largest absolute Gasteiger partial charge is 0.573 e. The van der Waals surface area contributed by atoms with E-state index in [4.69, 9.17) is 4.74 Å². The second-order valence-corrected chi connectivity index (χ2v) is 5.56. The van der Waals surface area contributed by atoms with Crippen LogP contribution in [0.2, 0.25) is 0 Å². The first-order valence-corrected chi connectivity index (χ1v) is 7.89. The van der Waals surface area contributed by atoms with E-state index in [1.807, 2.05) is 30.3 Å². The van der Waals surface area contributed by atoms with Gasteiger partial charge < -0.3 is 20.1 Å². The molecule has 5 nitrogen and oxygen atoms in total. The number of benzene rings is 2. The second kappa shape index (κ2) is 8.98. The summed E-state index contributed by atoms with van der Waals surface area (Å²) in [6.07, 6.45) is -5.26. The van der Waals surface area contributed by atoms with Gasteiger partial charge in [0.1, 0.15) is 12.4 Å². The molecule has 2 N–H and O–H groups in total. The summed E-state index contributed by atoms with van der Waals surface area (Å²) in [7, 11) is 0. The number of anilines is 1. The van der Waals surface area contributed by atoms with Crippen molar-refractivity contribution in [1.29, 1.82) is 0 Å².